The van der Waals surface area contributed by atoms with E-state index in [0.29, 0.717) is 6.42 Å². The van der Waals surface area contributed by atoms with Crippen molar-refractivity contribution in [2.75, 3.05) is 0 Å². The van der Waals surface area contributed by atoms with Crippen LogP contribution in [-0.4, -0.2) is 21.6 Å². The lowest BCUT2D eigenvalue weighted by Crippen LogP contribution is -2.32. The van der Waals surface area contributed by atoms with Crippen LogP contribution >= 0.6 is 0 Å². The van der Waals surface area contributed by atoms with Gasteiger partial charge in [-0.05, 0) is 53.9 Å². The van der Waals surface area contributed by atoms with E-state index in [1.807, 2.05) is 31.2 Å². The zero-order valence-corrected chi connectivity index (χ0v) is 20.0. The topological polar surface area (TPSA) is 44.1 Å². The highest BCUT2D eigenvalue weighted by Crippen LogP contribution is 2.39. The van der Waals surface area contributed by atoms with E-state index in [2.05, 4.69) is 64.7 Å². The molecule has 0 radical (unpaired) electrons. The number of hydrogen-bond donors (Lipinski definition) is 0. The second-order valence-corrected chi connectivity index (χ2v) is 9.64. The molecule has 0 saturated carbocycles. The Morgan fingerprint density at radius 1 is 1.00 bits per heavy atom. The predicted octanol–water partition coefficient (Wildman–Crippen LogP) is 6.91. The SMILES string of the molecule is CCC(Oc1ccc(C(C)(C)CC)cc1C(C)(C)CC)C(=O)n1cnc2ccccc21. The minimum absolute atomic E-state index is 0.0573. The summed E-state index contributed by atoms with van der Waals surface area (Å²) in [6.07, 6.45) is 3.65. The first kappa shape index (κ1) is 23.1. The van der Waals surface area contributed by atoms with E-state index < -0.39 is 6.10 Å². The maximum absolute atomic E-state index is 13.4. The zero-order chi connectivity index (χ0) is 22.8. The van der Waals surface area contributed by atoms with Gasteiger partial charge in [0, 0.05) is 5.56 Å². The molecule has 0 aliphatic rings. The maximum Gasteiger partial charge on any atom is 0.273 e. The highest BCUT2D eigenvalue weighted by molar-refractivity contribution is 5.92. The summed E-state index contributed by atoms with van der Waals surface area (Å²) in [6, 6.07) is 14.2. The Labute approximate surface area is 186 Å². The Bertz CT molecular complexity index is 1060. The van der Waals surface area contributed by atoms with Crippen LogP contribution in [0.5, 0.6) is 5.75 Å². The van der Waals surface area contributed by atoms with Gasteiger partial charge in [-0.25, -0.2) is 4.98 Å². The fraction of sp³-hybridized carbons (Fsp3) is 0.481. The van der Waals surface area contributed by atoms with Crippen molar-refractivity contribution in [1.82, 2.24) is 9.55 Å². The van der Waals surface area contributed by atoms with Crippen LogP contribution in [0.25, 0.3) is 11.0 Å². The molecule has 0 spiro atoms. The Balaban J connectivity index is 2.00. The minimum Gasteiger partial charge on any atom is -0.480 e. The van der Waals surface area contributed by atoms with Crippen LogP contribution in [0.4, 0.5) is 0 Å². The molecular formula is C27H36N2O2. The highest BCUT2D eigenvalue weighted by atomic mass is 16.5. The number of nitrogens with zero attached hydrogens (tertiary/aromatic N) is 2. The number of benzene rings is 2. The Hall–Kier alpha value is -2.62. The van der Waals surface area contributed by atoms with Crippen molar-refractivity contribution in [1.29, 1.82) is 0 Å². The first-order valence-corrected chi connectivity index (χ1v) is 11.4. The maximum atomic E-state index is 13.4. The van der Waals surface area contributed by atoms with E-state index in [1.54, 1.807) is 10.9 Å². The largest absolute Gasteiger partial charge is 0.480 e. The van der Waals surface area contributed by atoms with Crippen LogP contribution < -0.4 is 4.74 Å². The van der Waals surface area contributed by atoms with Gasteiger partial charge in [0.15, 0.2) is 6.10 Å². The van der Waals surface area contributed by atoms with Crippen LogP contribution in [0.1, 0.15) is 83.7 Å². The normalized spacial score (nSPS) is 13.4. The smallest absolute Gasteiger partial charge is 0.273 e. The molecule has 4 heteroatoms. The molecule has 166 valence electrons. The van der Waals surface area contributed by atoms with E-state index in [-0.39, 0.29) is 16.7 Å². The third kappa shape index (κ3) is 4.53. The molecule has 0 N–H and O–H groups in total. The number of ether oxygens (including phenoxy) is 1. The fourth-order valence-electron chi connectivity index (χ4n) is 3.73. The van der Waals surface area contributed by atoms with E-state index in [0.717, 1.165) is 35.2 Å². The lowest BCUT2D eigenvalue weighted by molar-refractivity contribution is 0.0696. The number of imidazole rings is 1. The summed E-state index contributed by atoms with van der Waals surface area (Å²) in [5, 5.41) is 0. The first-order valence-electron chi connectivity index (χ1n) is 11.4. The van der Waals surface area contributed by atoms with Crippen molar-refractivity contribution in [2.24, 2.45) is 0 Å². The molecule has 3 rings (SSSR count). The lowest BCUT2D eigenvalue weighted by Gasteiger charge is -2.31. The number of carbonyl (C=O) groups excluding carboxylic acids is 1. The first-order chi connectivity index (χ1) is 14.6. The van der Waals surface area contributed by atoms with Gasteiger partial charge in [0.05, 0.1) is 11.0 Å². The van der Waals surface area contributed by atoms with Crippen molar-refractivity contribution < 1.29 is 9.53 Å². The summed E-state index contributed by atoms with van der Waals surface area (Å²) < 4.78 is 8.03. The number of aromatic nitrogens is 2. The molecule has 0 aliphatic heterocycles. The van der Waals surface area contributed by atoms with E-state index in [9.17, 15) is 4.79 Å². The van der Waals surface area contributed by atoms with Gasteiger partial charge in [-0.3, -0.25) is 9.36 Å². The molecule has 2 aromatic carbocycles. The molecule has 1 heterocycles. The highest BCUT2D eigenvalue weighted by Gasteiger charge is 2.29. The van der Waals surface area contributed by atoms with Gasteiger partial charge in [0.1, 0.15) is 12.1 Å². The molecule has 0 saturated heterocycles. The molecule has 1 aromatic heterocycles. The van der Waals surface area contributed by atoms with Crippen molar-refractivity contribution in [3.05, 3.63) is 59.9 Å². The molecule has 1 atom stereocenters. The van der Waals surface area contributed by atoms with Gasteiger partial charge >= 0.3 is 0 Å². The van der Waals surface area contributed by atoms with Crippen LogP contribution in [-0.2, 0) is 10.8 Å². The van der Waals surface area contributed by atoms with Crippen LogP contribution in [0.3, 0.4) is 0 Å². The number of fused-ring (bicyclic) bond motifs is 1. The Morgan fingerprint density at radius 2 is 1.68 bits per heavy atom. The standard InChI is InChI=1S/C27H36N2O2/c1-8-23(25(30)29-18-28-21-13-11-12-14-22(21)29)31-24-16-15-19(26(4,5)9-2)17-20(24)27(6,7)10-3/h11-18,23H,8-10H2,1-7H3. The molecule has 4 nitrogen and oxygen atoms in total. The van der Waals surface area contributed by atoms with Crippen LogP contribution in [0.2, 0.25) is 0 Å². The van der Waals surface area contributed by atoms with E-state index in [1.165, 1.54) is 5.56 Å². The third-order valence-electron chi connectivity index (χ3n) is 6.86. The molecular weight excluding hydrogens is 384 g/mol. The molecule has 1 unspecified atom stereocenters. The summed E-state index contributed by atoms with van der Waals surface area (Å²) in [5.74, 6) is 0.710. The van der Waals surface area contributed by atoms with Gasteiger partial charge in [-0.15, -0.1) is 0 Å². The summed E-state index contributed by atoms with van der Waals surface area (Å²) >= 11 is 0. The second kappa shape index (κ2) is 8.86. The van der Waals surface area contributed by atoms with Crippen LogP contribution in [0, 0.1) is 0 Å². The molecule has 0 fully saturated rings. The summed E-state index contributed by atoms with van der Waals surface area (Å²) in [5.41, 5.74) is 4.12. The lowest BCUT2D eigenvalue weighted by atomic mass is 9.76. The zero-order valence-electron chi connectivity index (χ0n) is 20.0. The van der Waals surface area contributed by atoms with E-state index >= 15 is 0 Å². The van der Waals surface area contributed by atoms with Crippen molar-refractivity contribution in [2.45, 2.75) is 84.7 Å². The van der Waals surface area contributed by atoms with Crippen molar-refractivity contribution in [3.63, 3.8) is 0 Å². The van der Waals surface area contributed by atoms with Gasteiger partial charge in [-0.2, -0.15) is 0 Å². The fourth-order valence-corrected chi connectivity index (χ4v) is 3.73. The van der Waals surface area contributed by atoms with Gasteiger partial charge in [0.2, 0.25) is 0 Å². The third-order valence-corrected chi connectivity index (χ3v) is 6.86. The Morgan fingerprint density at radius 3 is 2.32 bits per heavy atom. The molecule has 0 aliphatic carbocycles. The number of rotatable bonds is 8. The van der Waals surface area contributed by atoms with Gasteiger partial charge in [-0.1, -0.05) is 72.7 Å². The van der Waals surface area contributed by atoms with Crippen LogP contribution in [0.15, 0.2) is 48.8 Å². The minimum atomic E-state index is -0.575. The molecule has 3 aromatic rings. The predicted molar refractivity (Wildman–Crippen MR) is 128 cm³/mol. The Kier molecular flexibility index (Phi) is 6.59. The molecule has 31 heavy (non-hydrogen) atoms. The average molecular weight is 421 g/mol. The number of carbonyl (C=O) groups is 1. The number of hydrogen-bond acceptors (Lipinski definition) is 3. The van der Waals surface area contributed by atoms with Gasteiger partial charge in [0.25, 0.3) is 5.91 Å². The van der Waals surface area contributed by atoms with Crippen molar-refractivity contribution >= 4 is 16.9 Å². The van der Waals surface area contributed by atoms with Crippen molar-refractivity contribution in [3.8, 4) is 5.75 Å². The monoisotopic (exact) mass is 420 g/mol. The molecule has 0 bridgehead atoms. The number of para-hydroxylation sites is 2. The summed E-state index contributed by atoms with van der Waals surface area (Å²) in [7, 11) is 0. The summed E-state index contributed by atoms with van der Waals surface area (Å²) in [6.45, 7) is 15.4. The molecule has 0 amide bonds. The average Bonchev–Trinajstić information content (AvgIpc) is 3.21. The van der Waals surface area contributed by atoms with E-state index in [4.69, 9.17) is 4.74 Å². The quantitative estimate of drug-likeness (QED) is 0.398. The second-order valence-electron chi connectivity index (χ2n) is 9.64. The van der Waals surface area contributed by atoms with Gasteiger partial charge < -0.3 is 4.74 Å². The summed E-state index contributed by atoms with van der Waals surface area (Å²) in [4.78, 5) is 17.7.